The first kappa shape index (κ1) is 14.6. The van der Waals surface area contributed by atoms with E-state index in [0.717, 1.165) is 16.7 Å². The molecule has 0 aliphatic heterocycles. The molecule has 21 heavy (non-hydrogen) atoms. The van der Waals surface area contributed by atoms with Gasteiger partial charge in [0.1, 0.15) is 17.5 Å². The van der Waals surface area contributed by atoms with Gasteiger partial charge in [-0.3, -0.25) is 0 Å². The molecule has 108 valence electrons. The van der Waals surface area contributed by atoms with Crippen molar-refractivity contribution in [2.75, 3.05) is 0 Å². The molecule has 3 aromatic rings. The Morgan fingerprint density at radius 2 is 2.14 bits per heavy atom. The van der Waals surface area contributed by atoms with E-state index in [9.17, 15) is 4.39 Å². The zero-order chi connectivity index (χ0) is 15.0. The van der Waals surface area contributed by atoms with Crippen molar-refractivity contribution in [1.29, 1.82) is 0 Å². The van der Waals surface area contributed by atoms with Gasteiger partial charge in [-0.25, -0.2) is 19.3 Å². The van der Waals surface area contributed by atoms with Crippen LogP contribution in [0.2, 0.25) is 0 Å². The van der Waals surface area contributed by atoms with Gasteiger partial charge >= 0.3 is 0 Å². The number of fused-ring (bicyclic) bond motifs is 1. The number of imidazole rings is 1. The van der Waals surface area contributed by atoms with Crippen molar-refractivity contribution in [2.45, 2.75) is 19.3 Å². The molecule has 7 heteroatoms. The number of aromatic nitrogens is 4. The van der Waals surface area contributed by atoms with Crippen LogP contribution in [0, 0.1) is 16.3 Å². The first-order valence-electron chi connectivity index (χ1n) is 6.27. The molecule has 0 bridgehead atoms. The summed E-state index contributed by atoms with van der Waals surface area (Å²) in [6.45, 7) is 2.32. The quantitative estimate of drug-likeness (QED) is 0.483. The van der Waals surface area contributed by atoms with Gasteiger partial charge in [-0.2, -0.15) is 0 Å². The molecule has 0 saturated heterocycles. The molecule has 0 atom stereocenters. The van der Waals surface area contributed by atoms with Crippen LogP contribution in [0.4, 0.5) is 4.39 Å². The van der Waals surface area contributed by atoms with Crippen molar-refractivity contribution in [1.82, 2.24) is 19.5 Å². The van der Waals surface area contributed by atoms with Crippen molar-refractivity contribution in [3.8, 4) is 0 Å². The van der Waals surface area contributed by atoms with Crippen LogP contribution in [0.1, 0.15) is 17.3 Å². The number of hydrogen-bond acceptors (Lipinski definition) is 3. The van der Waals surface area contributed by atoms with Crippen LogP contribution in [-0.4, -0.2) is 19.5 Å². The first-order valence-corrected chi connectivity index (χ1v) is 7.88. The lowest BCUT2D eigenvalue weighted by Crippen LogP contribution is -2.06. The maximum atomic E-state index is 13.8. The smallest absolute Gasteiger partial charge is 0.138 e. The second-order valence-corrected chi connectivity index (χ2v) is 6.03. The molecule has 0 fully saturated rings. The lowest BCUT2D eigenvalue weighted by molar-refractivity contribution is 0.620. The molecule has 2 heterocycles. The van der Waals surface area contributed by atoms with E-state index in [2.05, 4.69) is 15.0 Å². The molecule has 0 spiro atoms. The van der Waals surface area contributed by atoms with Gasteiger partial charge in [0.2, 0.25) is 0 Å². The van der Waals surface area contributed by atoms with E-state index in [-0.39, 0.29) is 11.7 Å². The number of nitrogens with zero attached hydrogens (tertiary/aromatic N) is 4. The zero-order valence-electron chi connectivity index (χ0n) is 11.1. The fourth-order valence-corrected chi connectivity index (χ4v) is 2.86. The summed E-state index contributed by atoms with van der Waals surface area (Å²) in [4.78, 5) is 12.9. The van der Waals surface area contributed by atoms with Gasteiger partial charge in [-0.15, -0.1) is 11.6 Å². The molecular weight excluding hydrogens is 406 g/mol. The second-order valence-electron chi connectivity index (χ2n) is 4.60. The molecule has 0 N–H and O–H groups in total. The van der Waals surface area contributed by atoms with Gasteiger partial charge in [0.15, 0.2) is 0 Å². The number of benzene rings is 1. The molecule has 0 radical (unpaired) electrons. The van der Waals surface area contributed by atoms with E-state index in [1.807, 2.05) is 40.1 Å². The van der Waals surface area contributed by atoms with Crippen molar-refractivity contribution in [3.05, 3.63) is 51.1 Å². The predicted molar refractivity (Wildman–Crippen MR) is 87.8 cm³/mol. The fraction of sp³-hybridized carbons (Fsp3) is 0.214. The number of hydrogen-bond donors (Lipinski definition) is 0. The van der Waals surface area contributed by atoms with E-state index in [0.29, 0.717) is 21.8 Å². The minimum absolute atomic E-state index is 0.260. The van der Waals surface area contributed by atoms with Crippen LogP contribution >= 0.6 is 34.2 Å². The van der Waals surface area contributed by atoms with Crippen LogP contribution in [0.5, 0.6) is 0 Å². The summed E-state index contributed by atoms with van der Waals surface area (Å²) < 4.78 is 16.3. The first-order chi connectivity index (χ1) is 10.1. The summed E-state index contributed by atoms with van der Waals surface area (Å²) >= 11 is 7.92. The Morgan fingerprint density at radius 3 is 2.86 bits per heavy atom. The van der Waals surface area contributed by atoms with E-state index in [4.69, 9.17) is 11.6 Å². The molecule has 0 aliphatic rings. The van der Waals surface area contributed by atoms with Crippen LogP contribution in [-0.2, 0) is 12.4 Å². The molecule has 1 aromatic carbocycles. The summed E-state index contributed by atoms with van der Waals surface area (Å²) in [6, 6.07) is 5.05. The minimum Gasteiger partial charge on any atom is -0.321 e. The minimum atomic E-state index is -0.260. The molecule has 0 aliphatic carbocycles. The highest BCUT2D eigenvalue weighted by Crippen LogP contribution is 2.23. The summed E-state index contributed by atoms with van der Waals surface area (Å²) in [5, 5.41) is 0. The van der Waals surface area contributed by atoms with Crippen LogP contribution in [0.25, 0.3) is 11.0 Å². The van der Waals surface area contributed by atoms with Gasteiger partial charge in [0.25, 0.3) is 0 Å². The molecule has 3 rings (SSSR count). The van der Waals surface area contributed by atoms with Crippen LogP contribution in [0.3, 0.4) is 0 Å². The van der Waals surface area contributed by atoms with Gasteiger partial charge in [0.05, 0.1) is 32.7 Å². The maximum Gasteiger partial charge on any atom is 0.138 e. The maximum absolute atomic E-state index is 13.8. The number of alkyl halides is 1. The van der Waals surface area contributed by atoms with Crippen LogP contribution in [0.15, 0.2) is 24.4 Å². The molecule has 4 nitrogen and oxygen atoms in total. The average molecular weight is 417 g/mol. The highest BCUT2D eigenvalue weighted by atomic mass is 127. The Labute approximate surface area is 139 Å². The van der Waals surface area contributed by atoms with Crippen molar-refractivity contribution in [3.63, 3.8) is 0 Å². The van der Waals surface area contributed by atoms with E-state index >= 15 is 0 Å². The molecule has 0 unspecified atom stereocenters. The predicted octanol–water partition coefficient (Wildman–Crippen LogP) is 3.67. The summed E-state index contributed by atoms with van der Waals surface area (Å²) in [5.74, 6) is 1.40. The van der Waals surface area contributed by atoms with Crippen LogP contribution < -0.4 is 0 Å². The second kappa shape index (κ2) is 5.84. The van der Waals surface area contributed by atoms with E-state index in [1.54, 1.807) is 12.3 Å². The Bertz CT molecular complexity index is 818. The third kappa shape index (κ3) is 2.87. The Kier molecular flexibility index (Phi) is 4.08. The van der Waals surface area contributed by atoms with E-state index < -0.39 is 0 Å². The zero-order valence-corrected chi connectivity index (χ0v) is 14.1. The largest absolute Gasteiger partial charge is 0.321 e. The standard InChI is InChI=1S/C14H11ClFIN4/c1-8-18-3-2-9(19-8)7-21-13-4-10(16)11(17)5-12(13)20-14(21)6-15/h2-5H,6-7H2,1H3. The Morgan fingerprint density at radius 1 is 1.33 bits per heavy atom. The fourth-order valence-electron chi connectivity index (χ4n) is 2.20. The third-order valence-electron chi connectivity index (χ3n) is 3.14. The summed E-state index contributed by atoms with van der Waals surface area (Å²) in [5.41, 5.74) is 2.30. The average Bonchev–Trinajstić information content (AvgIpc) is 2.77. The lowest BCUT2D eigenvalue weighted by atomic mass is 10.3. The summed E-state index contributed by atoms with van der Waals surface area (Å²) in [6.07, 6.45) is 1.71. The highest BCUT2D eigenvalue weighted by Gasteiger charge is 2.13. The number of rotatable bonds is 3. The third-order valence-corrected chi connectivity index (χ3v) is 4.21. The van der Waals surface area contributed by atoms with Crippen molar-refractivity contribution < 1.29 is 4.39 Å². The monoisotopic (exact) mass is 416 g/mol. The highest BCUT2D eigenvalue weighted by molar-refractivity contribution is 14.1. The van der Waals surface area contributed by atoms with Crippen molar-refractivity contribution in [2.24, 2.45) is 0 Å². The Hall–Kier alpha value is -1.28. The van der Waals surface area contributed by atoms with Gasteiger partial charge in [0, 0.05) is 12.3 Å². The van der Waals surface area contributed by atoms with Gasteiger partial charge < -0.3 is 4.57 Å². The molecule has 2 aromatic heterocycles. The summed E-state index contributed by atoms with van der Waals surface area (Å²) in [7, 11) is 0. The SMILES string of the molecule is Cc1nccc(Cn2c(CCl)nc3cc(I)c(F)cc32)n1. The molecule has 0 saturated carbocycles. The van der Waals surface area contributed by atoms with Gasteiger partial charge in [-0.1, -0.05) is 0 Å². The Balaban J connectivity index is 2.14. The van der Waals surface area contributed by atoms with Gasteiger partial charge in [-0.05, 0) is 41.6 Å². The lowest BCUT2D eigenvalue weighted by Gasteiger charge is -2.08. The van der Waals surface area contributed by atoms with E-state index in [1.165, 1.54) is 6.07 Å². The number of halogens is 3. The number of aryl methyl sites for hydroxylation is 1. The normalized spacial score (nSPS) is 11.2. The molecule has 0 amide bonds. The molecular formula is C14H11ClFIN4. The van der Waals surface area contributed by atoms with Crippen molar-refractivity contribution >= 4 is 45.2 Å². The topological polar surface area (TPSA) is 43.6 Å².